The van der Waals surface area contributed by atoms with E-state index in [0.717, 1.165) is 19.4 Å². The van der Waals surface area contributed by atoms with Crippen LogP contribution in [0.2, 0.25) is 0 Å². The van der Waals surface area contributed by atoms with Crippen LogP contribution in [0.25, 0.3) is 0 Å². The molecule has 0 radical (unpaired) electrons. The highest BCUT2D eigenvalue weighted by atomic mass is 16.4. The third-order valence-corrected chi connectivity index (χ3v) is 3.51. The molecule has 1 unspecified atom stereocenters. The maximum Gasteiger partial charge on any atom is 0.321 e. The van der Waals surface area contributed by atoms with Crippen molar-refractivity contribution in [2.24, 2.45) is 5.41 Å². The minimum absolute atomic E-state index is 0.0440. The van der Waals surface area contributed by atoms with Crippen molar-refractivity contribution in [2.45, 2.75) is 39.2 Å². The number of carbonyl (C=O) groups is 2. The van der Waals surface area contributed by atoms with Crippen LogP contribution in [0.3, 0.4) is 0 Å². The average Bonchev–Trinajstić information content (AvgIpc) is 2.23. The fourth-order valence-electron chi connectivity index (χ4n) is 2.60. The van der Waals surface area contributed by atoms with Gasteiger partial charge in [0.2, 0.25) is 5.91 Å². The Morgan fingerprint density at radius 2 is 2.12 bits per heavy atom. The second-order valence-electron chi connectivity index (χ2n) is 5.29. The number of nitrogens with one attached hydrogen (secondary N) is 1. The van der Waals surface area contributed by atoms with Crippen molar-refractivity contribution in [2.75, 3.05) is 20.1 Å². The Bertz CT molecular complexity index is 302. The van der Waals surface area contributed by atoms with Crippen molar-refractivity contribution in [1.82, 2.24) is 10.2 Å². The summed E-state index contributed by atoms with van der Waals surface area (Å²) < 4.78 is 0. The van der Waals surface area contributed by atoms with E-state index in [1.54, 1.807) is 7.05 Å². The standard InChI is InChI=1S/C12H22N2O3/c1-12(2)6-4-7-14(10(12)11(16)17)8-5-9(15)13-3/h10H,4-8H2,1-3H3,(H,13,15)(H,16,17). The molecule has 1 rings (SSSR count). The lowest BCUT2D eigenvalue weighted by atomic mass is 9.76. The first-order valence-electron chi connectivity index (χ1n) is 6.06. The number of carboxylic acids is 1. The number of hydrogen-bond acceptors (Lipinski definition) is 3. The van der Waals surface area contributed by atoms with Crippen LogP contribution in [0.1, 0.15) is 33.1 Å². The zero-order chi connectivity index (χ0) is 13.1. The fraction of sp³-hybridized carbons (Fsp3) is 0.833. The van der Waals surface area contributed by atoms with Crippen LogP contribution in [0.5, 0.6) is 0 Å². The first-order chi connectivity index (χ1) is 7.88. The molecule has 0 aromatic carbocycles. The number of rotatable bonds is 4. The molecule has 5 nitrogen and oxygen atoms in total. The summed E-state index contributed by atoms with van der Waals surface area (Å²) >= 11 is 0. The maximum absolute atomic E-state index is 11.4. The molecule has 1 aliphatic heterocycles. The molecule has 0 aromatic heterocycles. The van der Waals surface area contributed by atoms with Crippen LogP contribution in [-0.4, -0.2) is 48.1 Å². The molecule has 98 valence electrons. The highest BCUT2D eigenvalue weighted by Crippen LogP contribution is 2.35. The topological polar surface area (TPSA) is 69.6 Å². The van der Waals surface area contributed by atoms with E-state index in [0.29, 0.717) is 13.0 Å². The van der Waals surface area contributed by atoms with Crippen LogP contribution in [0.4, 0.5) is 0 Å². The number of nitrogens with zero attached hydrogens (tertiary/aromatic N) is 1. The van der Waals surface area contributed by atoms with E-state index in [1.807, 2.05) is 18.7 Å². The zero-order valence-corrected chi connectivity index (χ0v) is 10.8. The molecule has 1 amide bonds. The van der Waals surface area contributed by atoms with Crippen LogP contribution in [0, 0.1) is 5.41 Å². The Labute approximate surface area is 102 Å². The monoisotopic (exact) mass is 242 g/mol. The van der Waals surface area contributed by atoms with E-state index in [4.69, 9.17) is 0 Å². The van der Waals surface area contributed by atoms with Gasteiger partial charge in [0.15, 0.2) is 0 Å². The lowest BCUT2D eigenvalue weighted by Gasteiger charge is -2.44. The summed E-state index contributed by atoms with van der Waals surface area (Å²) in [5, 5.41) is 11.9. The van der Waals surface area contributed by atoms with Gasteiger partial charge in [0.25, 0.3) is 0 Å². The number of aliphatic carboxylic acids is 1. The number of likely N-dealkylation sites (tertiary alicyclic amines) is 1. The van der Waals surface area contributed by atoms with Gasteiger partial charge in [-0.1, -0.05) is 13.8 Å². The summed E-state index contributed by atoms with van der Waals surface area (Å²) in [5.74, 6) is -0.830. The Morgan fingerprint density at radius 3 is 2.65 bits per heavy atom. The van der Waals surface area contributed by atoms with Crippen molar-refractivity contribution in [3.8, 4) is 0 Å². The second-order valence-corrected chi connectivity index (χ2v) is 5.29. The third-order valence-electron chi connectivity index (χ3n) is 3.51. The van der Waals surface area contributed by atoms with Crippen LogP contribution >= 0.6 is 0 Å². The molecule has 0 spiro atoms. The quantitative estimate of drug-likeness (QED) is 0.761. The first kappa shape index (κ1) is 14.0. The predicted molar refractivity (Wildman–Crippen MR) is 64.7 cm³/mol. The van der Waals surface area contributed by atoms with Crippen molar-refractivity contribution >= 4 is 11.9 Å². The number of carboxylic acid groups (broad SMARTS) is 1. The van der Waals surface area contributed by atoms with Crippen LogP contribution < -0.4 is 5.32 Å². The maximum atomic E-state index is 11.4. The molecule has 1 atom stereocenters. The van der Waals surface area contributed by atoms with Gasteiger partial charge in [-0.2, -0.15) is 0 Å². The summed E-state index contributed by atoms with van der Waals surface area (Å²) in [4.78, 5) is 24.5. The molecule has 0 aromatic rings. The lowest BCUT2D eigenvalue weighted by Crippen LogP contribution is -2.54. The van der Waals surface area contributed by atoms with Crippen molar-refractivity contribution in [3.05, 3.63) is 0 Å². The predicted octanol–water partition coefficient (Wildman–Crippen LogP) is 0.698. The SMILES string of the molecule is CNC(=O)CCN1CCCC(C)(C)C1C(=O)O. The van der Waals surface area contributed by atoms with E-state index in [1.165, 1.54) is 0 Å². The Kier molecular flexibility index (Phi) is 4.51. The molecular weight excluding hydrogens is 220 g/mol. The summed E-state index contributed by atoms with van der Waals surface area (Å²) in [5.41, 5.74) is -0.229. The van der Waals surface area contributed by atoms with Crippen molar-refractivity contribution in [1.29, 1.82) is 0 Å². The third kappa shape index (κ3) is 3.43. The van der Waals surface area contributed by atoms with E-state index < -0.39 is 12.0 Å². The van der Waals surface area contributed by atoms with Crippen LogP contribution in [-0.2, 0) is 9.59 Å². The largest absolute Gasteiger partial charge is 0.480 e. The minimum Gasteiger partial charge on any atom is -0.480 e. The second kappa shape index (κ2) is 5.49. The summed E-state index contributed by atoms with van der Waals surface area (Å²) in [6.45, 7) is 5.24. The summed E-state index contributed by atoms with van der Waals surface area (Å²) in [7, 11) is 1.59. The molecular formula is C12H22N2O3. The average molecular weight is 242 g/mol. The molecule has 1 saturated heterocycles. The van der Waals surface area contributed by atoms with Gasteiger partial charge in [-0.25, -0.2) is 0 Å². The van der Waals surface area contributed by atoms with E-state index in [-0.39, 0.29) is 11.3 Å². The Balaban J connectivity index is 2.68. The van der Waals surface area contributed by atoms with Gasteiger partial charge in [-0.05, 0) is 24.8 Å². The van der Waals surface area contributed by atoms with Crippen molar-refractivity contribution in [3.63, 3.8) is 0 Å². The minimum atomic E-state index is -0.786. The van der Waals surface area contributed by atoms with Gasteiger partial charge in [0.1, 0.15) is 6.04 Å². The molecule has 1 heterocycles. The first-order valence-corrected chi connectivity index (χ1v) is 6.06. The Hall–Kier alpha value is -1.10. The van der Waals surface area contributed by atoms with Gasteiger partial charge < -0.3 is 10.4 Å². The van der Waals surface area contributed by atoms with Gasteiger partial charge >= 0.3 is 5.97 Å². The molecule has 5 heteroatoms. The summed E-state index contributed by atoms with van der Waals surface area (Å²) in [6, 6.07) is -0.485. The molecule has 0 saturated carbocycles. The molecule has 0 bridgehead atoms. The molecule has 17 heavy (non-hydrogen) atoms. The Morgan fingerprint density at radius 1 is 1.47 bits per heavy atom. The van der Waals surface area contributed by atoms with Gasteiger partial charge in [0.05, 0.1) is 0 Å². The van der Waals surface area contributed by atoms with Crippen LogP contribution in [0.15, 0.2) is 0 Å². The summed E-state index contributed by atoms with van der Waals surface area (Å²) in [6.07, 6.45) is 2.27. The molecule has 0 aliphatic carbocycles. The molecule has 1 aliphatic rings. The number of hydrogen-bond donors (Lipinski definition) is 2. The van der Waals surface area contributed by atoms with E-state index >= 15 is 0 Å². The lowest BCUT2D eigenvalue weighted by molar-refractivity contribution is -0.151. The highest BCUT2D eigenvalue weighted by molar-refractivity contribution is 5.76. The number of carbonyl (C=O) groups excluding carboxylic acids is 1. The van der Waals surface area contributed by atoms with Crippen molar-refractivity contribution < 1.29 is 14.7 Å². The fourth-order valence-corrected chi connectivity index (χ4v) is 2.60. The zero-order valence-electron chi connectivity index (χ0n) is 10.8. The number of amides is 1. The smallest absolute Gasteiger partial charge is 0.321 e. The van der Waals surface area contributed by atoms with E-state index in [9.17, 15) is 14.7 Å². The van der Waals surface area contributed by atoms with Gasteiger partial charge in [-0.3, -0.25) is 14.5 Å². The number of piperidine rings is 1. The normalized spacial score (nSPS) is 24.3. The highest BCUT2D eigenvalue weighted by Gasteiger charge is 2.42. The van der Waals surface area contributed by atoms with Gasteiger partial charge in [-0.15, -0.1) is 0 Å². The van der Waals surface area contributed by atoms with Gasteiger partial charge in [0, 0.05) is 20.0 Å². The van der Waals surface area contributed by atoms with E-state index in [2.05, 4.69) is 5.32 Å². The molecule has 2 N–H and O–H groups in total. The molecule has 1 fully saturated rings.